The molecule has 4 heteroatoms. The molecule has 1 fully saturated rings. The summed E-state index contributed by atoms with van der Waals surface area (Å²) in [5, 5.41) is 3.19. The van der Waals surface area contributed by atoms with Crippen LogP contribution in [-0.2, 0) is 0 Å². The van der Waals surface area contributed by atoms with Crippen LogP contribution in [0.15, 0.2) is 18.2 Å². The van der Waals surface area contributed by atoms with E-state index in [4.69, 9.17) is 5.73 Å². The van der Waals surface area contributed by atoms with Gasteiger partial charge in [-0.25, -0.2) is 0 Å². The third-order valence-corrected chi connectivity index (χ3v) is 4.18. The average Bonchev–Trinajstić information content (AvgIpc) is 2.40. The van der Waals surface area contributed by atoms with Crippen molar-refractivity contribution in [1.29, 1.82) is 0 Å². The predicted octanol–water partition coefficient (Wildman–Crippen LogP) is 2.64. The topological polar surface area (TPSA) is 58.4 Å². The van der Waals surface area contributed by atoms with Gasteiger partial charge in [0.1, 0.15) is 0 Å². The molecule has 0 radical (unpaired) electrons. The average molecular weight is 275 g/mol. The first kappa shape index (κ1) is 14.7. The second-order valence-electron chi connectivity index (χ2n) is 6.01. The Hall–Kier alpha value is -1.71. The van der Waals surface area contributed by atoms with Crippen LogP contribution >= 0.6 is 0 Å². The largest absolute Gasteiger partial charge is 0.399 e. The summed E-state index contributed by atoms with van der Waals surface area (Å²) in [7, 11) is 3.87. The molecule has 2 rings (SSSR count). The van der Waals surface area contributed by atoms with Crippen LogP contribution in [0.5, 0.6) is 0 Å². The molecule has 1 saturated carbocycles. The lowest BCUT2D eigenvalue weighted by Gasteiger charge is -2.30. The molecule has 110 valence electrons. The highest BCUT2D eigenvalue weighted by Crippen LogP contribution is 2.26. The van der Waals surface area contributed by atoms with Crippen molar-refractivity contribution in [3.63, 3.8) is 0 Å². The monoisotopic (exact) mass is 275 g/mol. The zero-order valence-electron chi connectivity index (χ0n) is 12.6. The summed E-state index contributed by atoms with van der Waals surface area (Å²) in [6.45, 7) is 2.22. The van der Waals surface area contributed by atoms with E-state index in [0.29, 0.717) is 17.2 Å². The van der Waals surface area contributed by atoms with Crippen LogP contribution in [0.25, 0.3) is 0 Å². The van der Waals surface area contributed by atoms with Crippen LogP contribution in [0.3, 0.4) is 0 Å². The van der Waals surface area contributed by atoms with E-state index >= 15 is 0 Å². The molecule has 1 amide bonds. The molecule has 0 saturated heterocycles. The van der Waals surface area contributed by atoms with E-state index in [1.165, 1.54) is 19.3 Å². The highest BCUT2D eigenvalue weighted by atomic mass is 16.1. The summed E-state index contributed by atoms with van der Waals surface area (Å²) in [4.78, 5) is 14.5. The lowest BCUT2D eigenvalue weighted by molar-refractivity contribution is 0.0911. The first-order valence-electron chi connectivity index (χ1n) is 7.36. The smallest absolute Gasteiger partial charge is 0.253 e. The lowest BCUT2D eigenvalue weighted by Crippen LogP contribution is -2.41. The van der Waals surface area contributed by atoms with Crippen LogP contribution in [0.4, 0.5) is 11.4 Å². The number of hydrogen-bond acceptors (Lipinski definition) is 3. The van der Waals surface area contributed by atoms with Crippen LogP contribution in [0, 0.1) is 5.92 Å². The van der Waals surface area contributed by atoms with Crippen molar-refractivity contribution in [2.75, 3.05) is 24.7 Å². The Balaban J connectivity index is 2.18. The van der Waals surface area contributed by atoms with Crippen molar-refractivity contribution in [2.45, 2.75) is 38.6 Å². The first-order valence-corrected chi connectivity index (χ1v) is 7.36. The molecule has 0 aromatic heterocycles. The normalized spacial score (nSPS) is 22.4. The quantitative estimate of drug-likeness (QED) is 0.834. The molecule has 0 spiro atoms. The maximum Gasteiger partial charge on any atom is 0.253 e. The molecule has 0 bridgehead atoms. The lowest BCUT2D eigenvalue weighted by atomic mass is 9.86. The van der Waals surface area contributed by atoms with E-state index in [9.17, 15) is 4.79 Å². The molecule has 20 heavy (non-hydrogen) atoms. The summed E-state index contributed by atoms with van der Waals surface area (Å²) in [5.41, 5.74) is 8.01. The minimum Gasteiger partial charge on any atom is -0.399 e. The Morgan fingerprint density at radius 1 is 1.30 bits per heavy atom. The molecule has 3 N–H and O–H groups in total. The van der Waals surface area contributed by atoms with E-state index < -0.39 is 0 Å². The third kappa shape index (κ3) is 3.24. The highest BCUT2D eigenvalue weighted by molar-refractivity contribution is 6.00. The second-order valence-corrected chi connectivity index (χ2v) is 6.01. The molecule has 2 atom stereocenters. The number of nitrogen functional groups attached to an aromatic ring is 1. The number of hydrogen-bond donors (Lipinski definition) is 2. The molecule has 0 aliphatic heterocycles. The van der Waals surface area contributed by atoms with Crippen LogP contribution < -0.4 is 16.0 Å². The van der Waals surface area contributed by atoms with Crippen molar-refractivity contribution in [1.82, 2.24) is 5.32 Å². The van der Waals surface area contributed by atoms with Crippen molar-refractivity contribution in [3.05, 3.63) is 23.8 Å². The minimum atomic E-state index is -0.0141. The van der Waals surface area contributed by atoms with Gasteiger partial charge in [-0.3, -0.25) is 4.79 Å². The molecule has 1 aromatic rings. The van der Waals surface area contributed by atoms with Crippen LogP contribution in [0.1, 0.15) is 43.0 Å². The SMILES string of the molecule is CC1CCCCC1NC(=O)c1cc(N)ccc1N(C)C. The van der Waals surface area contributed by atoms with E-state index in [-0.39, 0.29) is 11.9 Å². The van der Waals surface area contributed by atoms with Crippen LogP contribution in [0.2, 0.25) is 0 Å². The molecular formula is C16H25N3O. The Morgan fingerprint density at radius 2 is 2.00 bits per heavy atom. The van der Waals surface area contributed by atoms with Crippen molar-refractivity contribution < 1.29 is 4.79 Å². The van der Waals surface area contributed by atoms with Crippen LogP contribution in [-0.4, -0.2) is 26.0 Å². The highest BCUT2D eigenvalue weighted by Gasteiger charge is 2.24. The number of anilines is 2. The Kier molecular flexibility index (Phi) is 4.53. The number of amides is 1. The summed E-state index contributed by atoms with van der Waals surface area (Å²) < 4.78 is 0. The fourth-order valence-electron chi connectivity index (χ4n) is 2.90. The van der Waals surface area contributed by atoms with Crippen molar-refractivity contribution >= 4 is 17.3 Å². The number of benzene rings is 1. The van der Waals surface area contributed by atoms with Gasteiger partial charge in [-0.05, 0) is 37.0 Å². The number of rotatable bonds is 3. The van der Waals surface area contributed by atoms with E-state index in [1.807, 2.05) is 31.1 Å². The van der Waals surface area contributed by atoms with Gasteiger partial charge in [0.25, 0.3) is 5.91 Å². The van der Waals surface area contributed by atoms with Gasteiger partial charge in [-0.1, -0.05) is 19.8 Å². The van der Waals surface area contributed by atoms with Crippen molar-refractivity contribution in [3.8, 4) is 0 Å². The molecule has 2 unspecified atom stereocenters. The molecular weight excluding hydrogens is 250 g/mol. The van der Waals surface area contributed by atoms with Crippen molar-refractivity contribution in [2.24, 2.45) is 5.92 Å². The fourth-order valence-corrected chi connectivity index (χ4v) is 2.90. The van der Waals surface area contributed by atoms with E-state index in [0.717, 1.165) is 12.1 Å². The van der Waals surface area contributed by atoms with E-state index in [1.54, 1.807) is 6.07 Å². The third-order valence-electron chi connectivity index (χ3n) is 4.18. The maximum absolute atomic E-state index is 12.5. The van der Waals surface area contributed by atoms with Gasteiger partial charge < -0.3 is 16.0 Å². The van der Waals surface area contributed by atoms with E-state index in [2.05, 4.69) is 12.2 Å². The maximum atomic E-state index is 12.5. The number of nitrogens with zero attached hydrogens (tertiary/aromatic N) is 1. The number of carbonyl (C=O) groups is 1. The minimum absolute atomic E-state index is 0.0141. The fraction of sp³-hybridized carbons (Fsp3) is 0.562. The predicted molar refractivity (Wildman–Crippen MR) is 84.1 cm³/mol. The molecule has 0 heterocycles. The molecule has 1 aliphatic rings. The molecule has 1 aliphatic carbocycles. The Morgan fingerprint density at radius 3 is 2.65 bits per heavy atom. The summed E-state index contributed by atoms with van der Waals surface area (Å²) in [6, 6.07) is 5.77. The zero-order valence-corrected chi connectivity index (χ0v) is 12.6. The summed E-state index contributed by atoms with van der Waals surface area (Å²) in [5.74, 6) is 0.538. The van der Waals surface area contributed by atoms with Gasteiger partial charge in [0.15, 0.2) is 0 Å². The Bertz CT molecular complexity index is 485. The van der Waals surface area contributed by atoms with Gasteiger partial charge in [-0.15, -0.1) is 0 Å². The zero-order chi connectivity index (χ0) is 14.7. The standard InChI is InChI=1S/C16H25N3O/c1-11-6-4-5-7-14(11)18-16(20)13-10-12(17)8-9-15(13)19(2)3/h8-11,14H,4-7,17H2,1-3H3,(H,18,20). The van der Waals surface area contributed by atoms with Gasteiger partial charge >= 0.3 is 0 Å². The Labute approximate surface area is 121 Å². The van der Waals surface area contributed by atoms with Gasteiger partial charge in [0.05, 0.1) is 5.56 Å². The summed E-state index contributed by atoms with van der Waals surface area (Å²) >= 11 is 0. The van der Waals surface area contributed by atoms with Gasteiger partial charge in [0.2, 0.25) is 0 Å². The summed E-state index contributed by atoms with van der Waals surface area (Å²) in [6.07, 6.45) is 4.75. The molecule has 1 aromatic carbocycles. The first-order chi connectivity index (χ1) is 9.49. The number of nitrogens with one attached hydrogen (secondary N) is 1. The van der Waals surface area contributed by atoms with Gasteiger partial charge in [0, 0.05) is 31.5 Å². The van der Waals surface area contributed by atoms with Gasteiger partial charge in [-0.2, -0.15) is 0 Å². The second kappa shape index (κ2) is 6.16. The number of carbonyl (C=O) groups excluding carboxylic acids is 1. The number of nitrogens with two attached hydrogens (primary N) is 1. The molecule has 4 nitrogen and oxygen atoms in total.